The van der Waals surface area contributed by atoms with Crippen LogP contribution in [-0.4, -0.2) is 21.7 Å². The maximum absolute atomic E-state index is 12.1. The number of esters is 1. The highest BCUT2D eigenvalue weighted by Crippen LogP contribution is 2.44. The van der Waals surface area contributed by atoms with Crippen molar-refractivity contribution in [2.75, 3.05) is 0 Å². The predicted molar refractivity (Wildman–Crippen MR) is 86.6 cm³/mol. The van der Waals surface area contributed by atoms with Crippen LogP contribution in [0.1, 0.15) is 42.9 Å². The number of hydrogen-bond acceptors (Lipinski definition) is 4. The van der Waals surface area contributed by atoms with Gasteiger partial charge in [0.15, 0.2) is 0 Å². The van der Waals surface area contributed by atoms with Crippen molar-refractivity contribution in [1.82, 2.24) is 4.98 Å². The maximum atomic E-state index is 12.1. The summed E-state index contributed by atoms with van der Waals surface area (Å²) >= 11 is 0. The second-order valence-corrected chi connectivity index (χ2v) is 6.12. The number of nitrogens with zero attached hydrogens (tertiary/aromatic N) is 1. The van der Waals surface area contributed by atoms with Crippen molar-refractivity contribution in [3.8, 4) is 0 Å². The van der Waals surface area contributed by atoms with E-state index in [2.05, 4.69) is 4.98 Å². The SMILES string of the molecule is O=C(CC1(O)CCCC1c1ccccc1)OCc1ccccn1. The van der Waals surface area contributed by atoms with E-state index in [4.69, 9.17) is 4.74 Å². The quantitative estimate of drug-likeness (QED) is 0.861. The normalized spacial score (nSPS) is 23.6. The van der Waals surface area contributed by atoms with Gasteiger partial charge in [-0.2, -0.15) is 0 Å². The van der Waals surface area contributed by atoms with Crippen LogP contribution in [0.4, 0.5) is 0 Å². The van der Waals surface area contributed by atoms with Crippen molar-refractivity contribution in [3.05, 3.63) is 66.0 Å². The van der Waals surface area contributed by atoms with Gasteiger partial charge in [0.1, 0.15) is 6.61 Å². The Kier molecular flexibility index (Phi) is 4.72. The number of ether oxygens (including phenoxy) is 1. The molecule has 2 aromatic rings. The van der Waals surface area contributed by atoms with E-state index >= 15 is 0 Å². The van der Waals surface area contributed by atoms with Crippen LogP contribution in [0.25, 0.3) is 0 Å². The molecule has 0 spiro atoms. The summed E-state index contributed by atoms with van der Waals surface area (Å²) in [5.41, 5.74) is 0.784. The highest BCUT2D eigenvalue weighted by atomic mass is 16.5. The Morgan fingerprint density at radius 3 is 2.74 bits per heavy atom. The molecule has 1 heterocycles. The largest absolute Gasteiger partial charge is 0.459 e. The van der Waals surface area contributed by atoms with Crippen molar-refractivity contribution >= 4 is 5.97 Å². The molecular formula is C19H21NO3. The topological polar surface area (TPSA) is 59.4 Å². The number of hydrogen-bond donors (Lipinski definition) is 1. The lowest BCUT2D eigenvalue weighted by atomic mass is 9.82. The number of rotatable bonds is 5. The Labute approximate surface area is 136 Å². The molecule has 0 aliphatic heterocycles. The van der Waals surface area contributed by atoms with E-state index in [1.807, 2.05) is 48.5 Å². The molecule has 23 heavy (non-hydrogen) atoms. The lowest BCUT2D eigenvalue weighted by Gasteiger charge is -2.29. The third-order valence-corrected chi connectivity index (χ3v) is 4.51. The van der Waals surface area contributed by atoms with Gasteiger partial charge < -0.3 is 9.84 Å². The van der Waals surface area contributed by atoms with Gasteiger partial charge in [-0.3, -0.25) is 9.78 Å². The molecule has 2 atom stereocenters. The maximum Gasteiger partial charge on any atom is 0.309 e. The molecule has 0 bridgehead atoms. The summed E-state index contributed by atoms with van der Waals surface area (Å²) in [6.45, 7) is 0.145. The van der Waals surface area contributed by atoms with E-state index in [9.17, 15) is 9.90 Å². The van der Waals surface area contributed by atoms with E-state index in [0.29, 0.717) is 12.1 Å². The predicted octanol–water partition coefficient (Wildman–Crippen LogP) is 3.21. The van der Waals surface area contributed by atoms with Crippen LogP contribution in [0.2, 0.25) is 0 Å². The van der Waals surface area contributed by atoms with Gasteiger partial charge >= 0.3 is 5.97 Å². The summed E-state index contributed by atoms with van der Waals surface area (Å²) in [6, 6.07) is 15.4. The molecule has 4 heteroatoms. The monoisotopic (exact) mass is 311 g/mol. The summed E-state index contributed by atoms with van der Waals surface area (Å²) in [4.78, 5) is 16.3. The van der Waals surface area contributed by atoms with E-state index in [1.54, 1.807) is 6.20 Å². The molecule has 1 saturated carbocycles. The van der Waals surface area contributed by atoms with Crippen LogP contribution in [-0.2, 0) is 16.1 Å². The van der Waals surface area contributed by atoms with Crippen molar-refractivity contribution in [3.63, 3.8) is 0 Å². The Balaban J connectivity index is 1.62. The fraction of sp³-hybridized carbons (Fsp3) is 0.368. The van der Waals surface area contributed by atoms with Gasteiger partial charge in [0.25, 0.3) is 0 Å². The summed E-state index contributed by atoms with van der Waals surface area (Å²) in [5, 5.41) is 11.0. The first-order valence-electron chi connectivity index (χ1n) is 8.00. The molecule has 2 unspecified atom stereocenters. The van der Waals surface area contributed by atoms with E-state index in [1.165, 1.54) is 0 Å². The van der Waals surface area contributed by atoms with E-state index < -0.39 is 5.60 Å². The zero-order chi connectivity index (χ0) is 16.1. The first-order chi connectivity index (χ1) is 11.2. The van der Waals surface area contributed by atoms with Gasteiger partial charge in [0.2, 0.25) is 0 Å². The Hall–Kier alpha value is -2.20. The third kappa shape index (κ3) is 3.77. The molecule has 0 amide bonds. The van der Waals surface area contributed by atoms with Crippen LogP contribution in [0, 0.1) is 0 Å². The lowest BCUT2D eigenvalue weighted by molar-refractivity contribution is -0.151. The van der Waals surface area contributed by atoms with E-state index in [-0.39, 0.29) is 24.9 Å². The molecule has 3 rings (SSSR count). The minimum absolute atomic E-state index is 0.00824. The fourth-order valence-corrected chi connectivity index (χ4v) is 3.37. The van der Waals surface area contributed by atoms with E-state index in [0.717, 1.165) is 18.4 Å². The van der Waals surface area contributed by atoms with Gasteiger partial charge in [0.05, 0.1) is 17.7 Å². The third-order valence-electron chi connectivity index (χ3n) is 4.51. The van der Waals surface area contributed by atoms with Crippen LogP contribution in [0.3, 0.4) is 0 Å². The molecule has 1 aromatic carbocycles. The van der Waals surface area contributed by atoms with Crippen molar-refractivity contribution in [2.24, 2.45) is 0 Å². The zero-order valence-electron chi connectivity index (χ0n) is 13.0. The summed E-state index contributed by atoms with van der Waals surface area (Å²) in [5.74, 6) is -0.382. The second kappa shape index (κ2) is 6.92. The summed E-state index contributed by atoms with van der Waals surface area (Å²) in [6.07, 6.45) is 4.14. The minimum atomic E-state index is -1.01. The van der Waals surface area contributed by atoms with Gasteiger partial charge in [0, 0.05) is 12.1 Å². The van der Waals surface area contributed by atoms with Crippen LogP contribution in [0.15, 0.2) is 54.7 Å². The Morgan fingerprint density at radius 2 is 2.00 bits per heavy atom. The average molecular weight is 311 g/mol. The van der Waals surface area contributed by atoms with Crippen LogP contribution >= 0.6 is 0 Å². The fourth-order valence-electron chi connectivity index (χ4n) is 3.37. The van der Waals surface area contributed by atoms with Crippen molar-refractivity contribution in [2.45, 2.75) is 43.8 Å². The van der Waals surface area contributed by atoms with Gasteiger partial charge in [-0.25, -0.2) is 0 Å². The first-order valence-corrected chi connectivity index (χ1v) is 8.00. The highest BCUT2D eigenvalue weighted by Gasteiger charge is 2.43. The van der Waals surface area contributed by atoms with Crippen molar-refractivity contribution < 1.29 is 14.6 Å². The first kappa shape index (κ1) is 15.7. The molecule has 0 saturated heterocycles. The van der Waals surface area contributed by atoms with Gasteiger partial charge in [-0.1, -0.05) is 36.4 Å². The smallest absolute Gasteiger partial charge is 0.309 e. The molecule has 1 aliphatic rings. The Bertz CT molecular complexity index is 644. The molecule has 1 fully saturated rings. The van der Waals surface area contributed by atoms with Gasteiger partial charge in [-0.05, 0) is 37.0 Å². The zero-order valence-corrected chi connectivity index (χ0v) is 13.0. The summed E-state index contributed by atoms with van der Waals surface area (Å²) < 4.78 is 5.28. The molecule has 120 valence electrons. The van der Waals surface area contributed by atoms with Crippen molar-refractivity contribution in [1.29, 1.82) is 0 Å². The van der Waals surface area contributed by atoms with Gasteiger partial charge in [-0.15, -0.1) is 0 Å². The summed E-state index contributed by atoms with van der Waals surface area (Å²) in [7, 11) is 0. The lowest BCUT2D eigenvalue weighted by Crippen LogP contribution is -2.35. The molecule has 4 nitrogen and oxygen atoms in total. The molecule has 0 radical (unpaired) electrons. The van der Waals surface area contributed by atoms with Crippen LogP contribution < -0.4 is 0 Å². The second-order valence-electron chi connectivity index (χ2n) is 6.12. The number of aromatic nitrogens is 1. The molecule has 1 N–H and O–H groups in total. The molecule has 1 aliphatic carbocycles. The minimum Gasteiger partial charge on any atom is -0.459 e. The number of aliphatic hydroxyl groups is 1. The number of benzene rings is 1. The number of pyridine rings is 1. The highest BCUT2D eigenvalue weighted by molar-refractivity contribution is 5.71. The number of carbonyl (C=O) groups is 1. The Morgan fingerprint density at radius 1 is 1.22 bits per heavy atom. The standard InChI is InChI=1S/C19H21NO3/c21-18(23-14-16-9-4-5-12-20-16)13-19(22)11-6-10-17(19)15-7-2-1-3-8-15/h1-5,7-9,12,17,22H,6,10-11,13-14H2. The number of carbonyl (C=O) groups excluding carboxylic acids is 1. The van der Waals surface area contributed by atoms with Crippen LogP contribution in [0.5, 0.6) is 0 Å². The average Bonchev–Trinajstić information content (AvgIpc) is 2.96. The molecular weight excluding hydrogens is 290 g/mol. The molecule has 1 aromatic heterocycles.